The predicted octanol–water partition coefficient (Wildman–Crippen LogP) is 15.5. The van der Waals surface area contributed by atoms with Gasteiger partial charge in [-0.25, -0.2) is 4.98 Å². The molecule has 0 saturated carbocycles. The Morgan fingerprint density at radius 1 is 0.288 bits per heavy atom. The lowest BCUT2D eigenvalue weighted by Crippen LogP contribution is -1.97. The normalized spacial score (nSPS) is 11.7. The Hall–Kier alpha value is -7.81. The van der Waals surface area contributed by atoms with Crippen molar-refractivity contribution in [2.75, 3.05) is 0 Å². The Morgan fingerprint density at radius 3 is 1.51 bits per heavy atom. The van der Waals surface area contributed by atoms with Crippen LogP contribution >= 0.6 is 0 Å². The molecule has 12 aromatic rings. The van der Waals surface area contributed by atoms with Crippen molar-refractivity contribution in [3.8, 4) is 50.5 Å². The zero-order chi connectivity index (χ0) is 38.9. The van der Waals surface area contributed by atoms with E-state index >= 15 is 0 Å². The smallest absolute Gasteiger partial charge is 0.145 e. The van der Waals surface area contributed by atoms with E-state index in [0.29, 0.717) is 0 Å². The van der Waals surface area contributed by atoms with Crippen LogP contribution in [0.1, 0.15) is 0 Å². The highest BCUT2D eigenvalue weighted by atomic mass is 15.1. The highest BCUT2D eigenvalue weighted by Crippen LogP contribution is 2.44. The summed E-state index contributed by atoms with van der Waals surface area (Å²) >= 11 is 0. The summed E-state index contributed by atoms with van der Waals surface area (Å²) in [5, 5.41) is 12.5. The molecule has 11 aromatic carbocycles. The van der Waals surface area contributed by atoms with E-state index in [0.717, 1.165) is 28.1 Å². The van der Waals surface area contributed by atoms with E-state index in [-0.39, 0.29) is 0 Å². The van der Waals surface area contributed by atoms with Crippen LogP contribution in [0.5, 0.6) is 0 Å². The summed E-state index contributed by atoms with van der Waals surface area (Å²) in [7, 11) is 0. The third kappa shape index (κ3) is 5.53. The lowest BCUT2D eigenvalue weighted by atomic mass is 9.86. The van der Waals surface area contributed by atoms with Gasteiger partial charge in [0.25, 0.3) is 0 Å². The number of aromatic nitrogens is 2. The average Bonchev–Trinajstić information content (AvgIpc) is 3.71. The first-order chi connectivity index (χ1) is 29.2. The lowest BCUT2D eigenvalue weighted by molar-refractivity contribution is 1.10. The van der Waals surface area contributed by atoms with Crippen LogP contribution in [0.15, 0.2) is 218 Å². The molecule has 0 N–H and O–H groups in total. The Labute approximate surface area is 341 Å². The van der Waals surface area contributed by atoms with Crippen molar-refractivity contribution in [3.63, 3.8) is 0 Å². The van der Waals surface area contributed by atoms with Crippen LogP contribution in [0.25, 0.3) is 115 Å². The molecular formula is C57H36N2. The van der Waals surface area contributed by atoms with Gasteiger partial charge in [0, 0.05) is 11.3 Å². The minimum Gasteiger partial charge on any atom is -0.292 e. The van der Waals surface area contributed by atoms with Crippen molar-refractivity contribution >= 4 is 64.9 Å². The monoisotopic (exact) mass is 748 g/mol. The van der Waals surface area contributed by atoms with Crippen LogP contribution in [0.4, 0.5) is 0 Å². The SMILES string of the molecule is c1ccc(-c2nc3ccccc3n2-c2ccc(-c3ccc4c(c3)c(-c3ccc5ccccc5c3)cc3c5ccccc5c(-c5ccc6ccccc6c5)cc43)cc2)cc1. The number of nitrogens with zero attached hydrogens (tertiary/aromatic N) is 2. The first-order valence-electron chi connectivity index (χ1n) is 20.3. The van der Waals surface area contributed by atoms with Crippen LogP contribution in [0.2, 0.25) is 0 Å². The van der Waals surface area contributed by atoms with Gasteiger partial charge in [-0.05, 0) is 142 Å². The summed E-state index contributed by atoms with van der Waals surface area (Å²) in [5.41, 5.74) is 11.5. The van der Waals surface area contributed by atoms with Crippen molar-refractivity contribution in [2.24, 2.45) is 0 Å². The first kappa shape index (κ1) is 33.3. The highest BCUT2D eigenvalue weighted by molar-refractivity contribution is 6.24. The molecule has 0 atom stereocenters. The van der Waals surface area contributed by atoms with E-state index in [2.05, 4.69) is 223 Å². The molecule has 0 aliphatic carbocycles. The van der Waals surface area contributed by atoms with Gasteiger partial charge < -0.3 is 0 Å². The van der Waals surface area contributed by atoms with Crippen LogP contribution in [-0.2, 0) is 0 Å². The fourth-order valence-electron chi connectivity index (χ4n) is 9.24. The molecule has 2 heteroatoms. The Balaban J connectivity index is 1.07. The third-order valence-corrected chi connectivity index (χ3v) is 12.1. The van der Waals surface area contributed by atoms with Crippen molar-refractivity contribution in [1.82, 2.24) is 9.55 Å². The molecule has 0 fully saturated rings. The first-order valence-corrected chi connectivity index (χ1v) is 20.3. The standard InChI is InChI=1S/C57H36N2/c1-2-14-40(15-3-1)57-58-55-20-10-11-21-56(55)59(57)46-29-26-39(27-30-46)43-28-31-49-52(34-43)51(45-25-23-38-13-5-7-17-42(38)33-45)36-53-48-19-9-8-18-47(48)50(35-54(49)53)44-24-22-37-12-4-6-16-41(37)32-44/h1-36H. The summed E-state index contributed by atoms with van der Waals surface area (Å²) < 4.78 is 2.27. The molecule has 274 valence electrons. The molecule has 0 amide bonds. The van der Waals surface area contributed by atoms with Gasteiger partial charge in [0.1, 0.15) is 5.82 Å². The van der Waals surface area contributed by atoms with Crippen molar-refractivity contribution in [1.29, 1.82) is 0 Å². The van der Waals surface area contributed by atoms with Gasteiger partial charge in [-0.2, -0.15) is 0 Å². The fourth-order valence-corrected chi connectivity index (χ4v) is 9.24. The Bertz CT molecular complexity index is 3600. The van der Waals surface area contributed by atoms with Crippen LogP contribution in [0, 0.1) is 0 Å². The zero-order valence-electron chi connectivity index (χ0n) is 32.2. The maximum absolute atomic E-state index is 5.08. The van der Waals surface area contributed by atoms with E-state index in [1.165, 1.54) is 87.2 Å². The fraction of sp³-hybridized carbons (Fsp3) is 0. The second-order valence-corrected chi connectivity index (χ2v) is 15.5. The van der Waals surface area contributed by atoms with Crippen molar-refractivity contribution < 1.29 is 0 Å². The molecule has 0 aliphatic rings. The lowest BCUT2D eigenvalue weighted by Gasteiger charge is -2.17. The minimum absolute atomic E-state index is 0.938. The molecule has 59 heavy (non-hydrogen) atoms. The van der Waals surface area contributed by atoms with Crippen molar-refractivity contribution in [3.05, 3.63) is 218 Å². The number of hydrogen-bond acceptors (Lipinski definition) is 1. The Morgan fingerprint density at radius 2 is 0.814 bits per heavy atom. The van der Waals surface area contributed by atoms with Gasteiger partial charge in [-0.3, -0.25) is 4.57 Å². The second-order valence-electron chi connectivity index (χ2n) is 15.5. The van der Waals surface area contributed by atoms with Crippen molar-refractivity contribution in [2.45, 2.75) is 0 Å². The second kappa shape index (κ2) is 13.4. The summed E-state index contributed by atoms with van der Waals surface area (Å²) in [5.74, 6) is 0.938. The Kier molecular flexibility index (Phi) is 7.57. The average molecular weight is 749 g/mol. The summed E-state index contributed by atoms with van der Waals surface area (Å²) in [6, 6.07) is 79.7. The van der Waals surface area contributed by atoms with E-state index in [1.54, 1.807) is 0 Å². The van der Waals surface area contributed by atoms with E-state index in [9.17, 15) is 0 Å². The topological polar surface area (TPSA) is 17.8 Å². The summed E-state index contributed by atoms with van der Waals surface area (Å²) in [6.07, 6.45) is 0. The minimum atomic E-state index is 0.938. The largest absolute Gasteiger partial charge is 0.292 e. The van der Waals surface area contributed by atoms with Gasteiger partial charge in [-0.1, -0.05) is 164 Å². The maximum atomic E-state index is 5.08. The molecule has 0 aliphatic heterocycles. The molecule has 0 spiro atoms. The quantitative estimate of drug-likeness (QED) is 0.160. The molecule has 0 saturated heterocycles. The molecule has 0 radical (unpaired) electrons. The zero-order valence-corrected chi connectivity index (χ0v) is 32.2. The van der Waals surface area contributed by atoms with E-state index in [4.69, 9.17) is 4.98 Å². The van der Waals surface area contributed by atoms with Crippen LogP contribution in [-0.4, -0.2) is 9.55 Å². The maximum Gasteiger partial charge on any atom is 0.145 e. The molecule has 1 aromatic heterocycles. The van der Waals surface area contributed by atoms with Crippen LogP contribution in [0.3, 0.4) is 0 Å². The highest BCUT2D eigenvalue weighted by Gasteiger charge is 2.18. The molecule has 12 rings (SSSR count). The van der Waals surface area contributed by atoms with Gasteiger partial charge >= 0.3 is 0 Å². The number of para-hydroxylation sites is 2. The number of imidazole rings is 1. The molecule has 2 nitrogen and oxygen atoms in total. The van der Waals surface area contributed by atoms with Gasteiger partial charge in [0.2, 0.25) is 0 Å². The number of benzene rings is 11. The number of rotatable bonds is 5. The molecular weight excluding hydrogens is 713 g/mol. The number of hydrogen-bond donors (Lipinski definition) is 0. The van der Waals surface area contributed by atoms with E-state index in [1.807, 2.05) is 0 Å². The molecule has 1 heterocycles. The van der Waals surface area contributed by atoms with Gasteiger partial charge in [-0.15, -0.1) is 0 Å². The summed E-state index contributed by atoms with van der Waals surface area (Å²) in [6.45, 7) is 0. The van der Waals surface area contributed by atoms with E-state index < -0.39 is 0 Å². The molecule has 0 unspecified atom stereocenters. The van der Waals surface area contributed by atoms with Gasteiger partial charge in [0.05, 0.1) is 11.0 Å². The number of fused-ring (bicyclic) bond motifs is 8. The summed E-state index contributed by atoms with van der Waals surface area (Å²) in [4.78, 5) is 5.08. The predicted molar refractivity (Wildman–Crippen MR) is 250 cm³/mol. The molecule has 0 bridgehead atoms. The van der Waals surface area contributed by atoms with Gasteiger partial charge in [0.15, 0.2) is 0 Å². The third-order valence-electron chi connectivity index (χ3n) is 12.1. The van der Waals surface area contributed by atoms with Crippen LogP contribution < -0.4 is 0 Å².